The summed E-state index contributed by atoms with van der Waals surface area (Å²) >= 11 is 0. The molecule has 0 bridgehead atoms. The van der Waals surface area contributed by atoms with E-state index in [4.69, 9.17) is 9.47 Å². The van der Waals surface area contributed by atoms with Crippen molar-refractivity contribution >= 4 is 28.4 Å². The van der Waals surface area contributed by atoms with E-state index in [0.29, 0.717) is 18.8 Å². The number of fused-ring (bicyclic) bond motifs is 1. The Morgan fingerprint density at radius 3 is 2.52 bits per heavy atom. The predicted molar refractivity (Wildman–Crippen MR) is 109 cm³/mol. The second-order valence-electron chi connectivity index (χ2n) is 7.88. The van der Waals surface area contributed by atoms with Crippen LogP contribution >= 0.6 is 0 Å². The molecule has 0 saturated carbocycles. The molecule has 3 heterocycles. The van der Waals surface area contributed by atoms with Crippen LogP contribution < -0.4 is 10.2 Å². The number of piperidine rings is 2. The number of rotatable bonds is 5. The SMILES string of the molecule is COC(OC)C1CCN(c2ccc3c(C4CCC(=O)NC4=O)nn(C)c3c2)CC1. The molecule has 156 valence electrons. The van der Waals surface area contributed by atoms with Crippen LogP contribution in [-0.2, 0) is 26.1 Å². The molecule has 8 nitrogen and oxygen atoms in total. The molecule has 4 rings (SSSR count). The van der Waals surface area contributed by atoms with Gasteiger partial charge in [-0.15, -0.1) is 0 Å². The number of hydrogen-bond acceptors (Lipinski definition) is 6. The molecule has 0 radical (unpaired) electrons. The standard InChI is InChI=1S/C21H28N4O4/c1-24-17-12-14(25-10-8-13(9-11-25)21(28-2)29-3)4-5-15(17)19(23-24)16-6-7-18(26)22-20(16)27/h4-5,12-13,16,21H,6-11H2,1-3H3,(H,22,26,27). The van der Waals surface area contributed by atoms with Crippen LogP contribution in [0.25, 0.3) is 10.9 Å². The van der Waals surface area contributed by atoms with E-state index in [9.17, 15) is 9.59 Å². The van der Waals surface area contributed by atoms with Crippen molar-refractivity contribution in [3.63, 3.8) is 0 Å². The monoisotopic (exact) mass is 400 g/mol. The maximum absolute atomic E-state index is 12.3. The Morgan fingerprint density at radius 2 is 1.86 bits per heavy atom. The number of imide groups is 1. The number of methoxy groups -OCH3 is 2. The van der Waals surface area contributed by atoms with Crippen molar-refractivity contribution in [3.05, 3.63) is 23.9 Å². The number of nitrogens with zero attached hydrogens (tertiary/aromatic N) is 3. The third kappa shape index (κ3) is 3.74. The molecule has 1 unspecified atom stereocenters. The van der Waals surface area contributed by atoms with Gasteiger partial charge in [0.2, 0.25) is 11.8 Å². The van der Waals surface area contributed by atoms with Gasteiger partial charge in [0.15, 0.2) is 6.29 Å². The molecule has 2 aliphatic rings. The van der Waals surface area contributed by atoms with E-state index in [1.807, 2.05) is 11.7 Å². The minimum Gasteiger partial charge on any atom is -0.371 e. The highest BCUT2D eigenvalue weighted by Crippen LogP contribution is 2.33. The summed E-state index contributed by atoms with van der Waals surface area (Å²) < 4.78 is 12.7. The first kappa shape index (κ1) is 19.8. The molecule has 2 fully saturated rings. The lowest BCUT2D eigenvalue weighted by atomic mass is 9.92. The van der Waals surface area contributed by atoms with Crippen LogP contribution in [-0.4, -0.2) is 55.2 Å². The van der Waals surface area contributed by atoms with E-state index < -0.39 is 0 Å². The van der Waals surface area contributed by atoms with E-state index in [1.54, 1.807) is 14.2 Å². The number of nitrogens with one attached hydrogen (secondary N) is 1. The van der Waals surface area contributed by atoms with Gasteiger partial charge >= 0.3 is 0 Å². The van der Waals surface area contributed by atoms with E-state index in [-0.39, 0.29) is 24.0 Å². The van der Waals surface area contributed by atoms with Gasteiger partial charge in [0.05, 0.1) is 17.1 Å². The fraction of sp³-hybridized carbons (Fsp3) is 0.571. The normalized spacial score (nSPS) is 21.2. The van der Waals surface area contributed by atoms with Crippen LogP contribution in [0.5, 0.6) is 0 Å². The zero-order chi connectivity index (χ0) is 20.5. The van der Waals surface area contributed by atoms with E-state index in [1.165, 1.54) is 0 Å². The second-order valence-corrected chi connectivity index (χ2v) is 7.88. The summed E-state index contributed by atoms with van der Waals surface area (Å²) in [6.07, 6.45) is 2.74. The van der Waals surface area contributed by atoms with Gasteiger partial charge in [-0.05, 0) is 37.5 Å². The Morgan fingerprint density at radius 1 is 1.14 bits per heavy atom. The van der Waals surface area contributed by atoms with Crippen molar-refractivity contribution in [1.29, 1.82) is 0 Å². The van der Waals surface area contributed by atoms with Gasteiger partial charge in [0.25, 0.3) is 0 Å². The molecule has 1 atom stereocenters. The Hall–Kier alpha value is -2.45. The molecule has 2 aliphatic heterocycles. The van der Waals surface area contributed by atoms with Crippen molar-refractivity contribution in [1.82, 2.24) is 15.1 Å². The van der Waals surface area contributed by atoms with Crippen LogP contribution in [0.1, 0.15) is 37.3 Å². The number of aryl methyl sites for hydroxylation is 1. The maximum Gasteiger partial charge on any atom is 0.235 e. The topological polar surface area (TPSA) is 85.7 Å². The van der Waals surface area contributed by atoms with Gasteiger partial charge in [-0.2, -0.15) is 5.10 Å². The first-order valence-corrected chi connectivity index (χ1v) is 10.1. The van der Waals surface area contributed by atoms with Gasteiger partial charge in [-0.1, -0.05) is 0 Å². The lowest BCUT2D eigenvalue weighted by Crippen LogP contribution is -2.39. The average Bonchev–Trinajstić information content (AvgIpc) is 3.05. The largest absolute Gasteiger partial charge is 0.371 e. The van der Waals surface area contributed by atoms with Gasteiger partial charge in [0, 0.05) is 57.8 Å². The summed E-state index contributed by atoms with van der Waals surface area (Å²) in [4.78, 5) is 26.1. The van der Waals surface area contributed by atoms with Crippen LogP contribution in [0.4, 0.5) is 5.69 Å². The third-order valence-corrected chi connectivity index (χ3v) is 6.19. The molecule has 0 spiro atoms. The first-order valence-electron chi connectivity index (χ1n) is 10.1. The molecule has 1 N–H and O–H groups in total. The summed E-state index contributed by atoms with van der Waals surface area (Å²) in [5, 5.41) is 8.03. The van der Waals surface area contributed by atoms with E-state index >= 15 is 0 Å². The average molecular weight is 400 g/mol. The van der Waals surface area contributed by atoms with Crippen LogP contribution in [0.3, 0.4) is 0 Å². The van der Waals surface area contributed by atoms with Gasteiger partial charge in [-0.3, -0.25) is 19.6 Å². The van der Waals surface area contributed by atoms with Crippen LogP contribution in [0.2, 0.25) is 0 Å². The zero-order valence-electron chi connectivity index (χ0n) is 17.2. The Labute approximate surface area is 170 Å². The lowest BCUT2D eigenvalue weighted by Gasteiger charge is -2.36. The summed E-state index contributed by atoms with van der Waals surface area (Å²) in [6.45, 7) is 1.88. The molecule has 29 heavy (non-hydrogen) atoms. The number of benzene rings is 1. The number of amides is 2. The van der Waals surface area contributed by atoms with Crippen LogP contribution in [0.15, 0.2) is 18.2 Å². The minimum atomic E-state index is -0.377. The predicted octanol–water partition coefficient (Wildman–Crippen LogP) is 1.93. The number of aromatic nitrogens is 2. The zero-order valence-corrected chi connectivity index (χ0v) is 17.2. The number of hydrogen-bond donors (Lipinski definition) is 1. The third-order valence-electron chi connectivity index (χ3n) is 6.19. The Kier molecular flexibility index (Phi) is 5.56. The fourth-order valence-corrected chi connectivity index (χ4v) is 4.59. The molecule has 2 saturated heterocycles. The van der Waals surface area contributed by atoms with Crippen molar-refractivity contribution in [3.8, 4) is 0 Å². The quantitative estimate of drug-likeness (QED) is 0.610. The Bertz CT molecular complexity index is 913. The molecular weight excluding hydrogens is 372 g/mol. The molecule has 8 heteroatoms. The number of ether oxygens (including phenoxy) is 2. The number of carbonyl (C=O) groups is 2. The highest BCUT2D eigenvalue weighted by molar-refractivity contribution is 6.02. The first-order chi connectivity index (χ1) is 14.0. The van der Waals surface area contributed by atoms with Gasteiger partial charge in [-0.25, -0.2) is 0 Å². The number of carbonyl (C=O) groups excluding carboxylic acids is 2. The molecule has 1 aromatic heterocycles. The highest BCUT2D eigenvalue weighted by atomic mass is 16.7. The molecule has 2 aromatic rings. The molecule has 1 aromatic carbocycles. The molecular formula is C21H28N4O4. The van der Waals surface area contributed by atoms with Crippen molar-refractivity contribution in [2.75, 3.05) is 32.2 Å². The van der Waals surface area contributed by atoms with Crippen LogP contribution in [0, 0.1) is 5.92 Å². The molecule has 2 amide bonds. The summed E-state index contributed by atoms with van der Waals surface area (Å²) in [5.41, 5.74) is 2.90. The summed E-state index contributed by atoms with van der Waals surface area (Å²) in [6, 6.07) is 6.29. The van der Waals surface area contributed by atoms with E-state index in [0.717, 1.165) is 48.2 Å². The highest BCUT2D eigenvalue weighted by Gasteiger charge is 2.32. The van der Waals surface area contributed by atoms with Crippen molar-refractivity contribution < 1.29 is 19.1 Å². The lowest BCUT2D eigenvalue weighted by molar-refractivity contribution is -0.141. The maximum atomic E-state index is 12.3. The van der Waals surface area contributed by atoms with E-state index in [2.05, 4.69) is 33.5 Å². The minimum absolute atomic E-state index is 0.146. The van der Waals surface area contributed by atoms with Gasteiger partial charge in [0.1, 0.15) is 0 Å². The fourth-order valence-electron chi connectivity index (χ4n) is 4.59. The molecule has 0 aliphatic carbocycles. The van der Waals surface area contributed by atoms with Crippen molar-refractivity contribution in [2.24, 2.45) is 13.0 Å². The second kappa shape index (κ2) is 8.12. The number of anilines is 1. The van der Waals surface area contributed by atoms with Gasteiger partial charge < -0.3 is 14.4 Å². The van der Waals surface area contributed by atoms with Crippen molar-refractivity contribution in [2.45, 2.75) is 37.9 Å². The smallest absolute Gasteiger partial charge is 0.235 e. The Balaban J connectivity index is 1.54. The summed E-state index contributed by atoms with van der Waals surface area (Å²) in [5.74, 6) is -0.432. The summed E-state index contributed by atoms with van der Waals surface area (Å²) in [7, 11) is 5.28.